The Labute approximate surface area is 85.6 Å². The summed E-state index contributed by atoms with van der Waals surface area (Å²) in [5.74, 6) is 1.73. The van der Waals surface area contributed by atoms with Gasteiger partial charge in [-0.05, 0) is 48.6 Å². The van der Waals surface area contributed by atoms with Crippen LogP contribution in [0.2, 0.25) is 0 Å². The molecule has 0 radical (unpaired) electrons. The van der Waals surface area contributed by atoms with Crippen LogP contribution in [-0.4, -0.2) is 0 Å². The first-order valence-corrected chi connectivity index (χ1v) is 5.65. The maximum Gasteiger partial charge on any atom is -0.0190 e. The Hall–Kier alpha value is -1.04. The lowest BCUT2D eigenvalue weighted by molar-refractivity contribution is 0.411. The Bertz CT molecular complexity index is 362. The van der Waals surface area contributed by atoms with Crippen molar-refractivity contribution in [3.05, 3.63) is 47.5 Å². The van der Waals surface area contributed by atoms with Crippen molar-refractivity contribution in [1.29, 1.82) is 0 Å². The maximum absolute atomic E-state index is 2.43. The molecule has 0 saturated carbocycles. The van der Waals surface area contributed by atoms with Gasteiger partial charge in [0.05, 0.1) is 0 Å². The van der Waals surface area contributed by atoms with E-state index in [1.54, 1.807) is 11.1 Å². The van der Waals surface area contributed by atoms with E-state index in [-0.39, 0.29) is 0 Å². The van der Waals surface area contributed by atoms with Crippen LogP contribution in [0.15, 0.2) is 36.4 Å². The minimum atomic E-state index is 0.817. The molecule has 0 heteroatoms. The molecule has 2 bridgehead atoms. The lowest BCUT2D eigenvalue weighted by atomic mass is 9.85. The van der Waals surface area contributed by atoms with Crippen LogP contribution in [0, 0.1) is 11.8 Å². The van der Waals surface area contributed by atoms with Crippen molar-refractivity contribution in [2.24, 2.45) is 11.8 Å². The fourth-order valence-corrected chi connectivity index (χ4v) is 2.93. The first-order valence-electron chi connectivity index (χ1n) is 5.65. The van der Waals surface area contributed by atoms with E-state index < -0.39 is 0 Å². The molecule has 1 aromatic rings. The number of rotatable bonds is 0. The van der Waals surface area contributed by atoms with Crippen LogP contribution in [0.3, 0.4) is 0 Å². The van der Waals surface area contributed by atoms with Gasteiger partial charge in [-0.15, -0.1) is 0 Å². The van der Waals surface area contributed by atoms with Gasteiger partial charge >= 0.3 is 0 Å². The molecule has 2 aliphatic carbocycles. The van der Waals surface area contributed by atoms with Gasteiger partial charge in [-0.3, -0.25) is 0 Å². The summed E-state index contributed by atoms with van der Waals surface area (Å²) in [4.78, 5) is 0. The SMILES string of the molecule is C1=CC2Cc3ccccc3CC(C1)C2. The Kier molecular flexibility index (Phi) is 1.93. The molecule has 0 aromatic heterocycles. The number of benzene rings is 1. The maximum atomic E-state index is 2.43. The van der Waals surface area contributed by atoms with Crippen molar-refractivity contribution >= 4 is 0 Å². The second kappa shape index (κ2) is 3.27. The van der Waals surface area contributed by atoms with Gasteiger partial charge in [0.25, 0.3) is 0 Å². The van der Waals surface area contributed by atoms with Crippen molar-refractivity contribution in [2.75, 3.05) is 0 Å². The minimum Gasteiger partial charge on any atom is -0.0880 e. The number of hydrogen-bond donors (Lipinski definition) is 0. The highest BCUT2D eigenvalue weighted by Gasteiger charge is 2.23. The third kappa shape index (κ3) is 1.39. The molecule has 0 spiro atoms. The van der Waals surface area contributed by atoms with Crippen LogP contribution in [0.5, 0.6) is 0 Å². The summed E-state index contributed by atoms with van der Waals surface area (Å²) in [6.07, 6.45) is 10.1. The fraction of sp³-hybridized carbons (Fsp3) is 0.429. The quantitative estimate of drug-likeness (QED) is 0.542. The topological polar surface area (TPSA) is 0 Å². The van der Waals surface area contributed by atoms with E-state index >= 15 is 0 Å². The molecule has 0 saturated heterocycles. The van der Waals surface area contributed by atoms with Crippen LogP contribution >= 0.6 is 0 Å². The molecular weight excluding hydrogens is 168 g/mol. The van der Waals surface area contributed by atoms with Crippen molar-refractivity contribution in [2.45, 2.75) is 25.7 Å². The van der Waals surface area contributed by atoms with Gasteiger partial charge in [-0.25, -0.2) is 0 Å². The molecule has 0 aliphatic heterocycles. The van der Waals surface area contributed by atoms with Gasteiger partial charge in [-0.2, -0.15) is 0 Å². The first-order chi connectivity index (χ1) is 6.92. The van der Waals surface area contributed by atoms with Gasteiger partial charge < -0.3 is 0 Å². The fourth-order valence-electron chi connectivity index (χ4n) is 2.93. The molecule has 1 aromatic carbocycles. The summed E-state index contributed by atoms with van der Waals surface area (Å²) in [7, 11) is 0. The van der Waals surface area contributed by atoms with Crippen molar-refractivity contribution < 1.29 is 0 Å². The molecule has 0 heterocycles. The zero-order valence-corrected chi connectivity index (χ0v) is 8.45. The molecular formula is C14H16. The standard InChI is InChI=1S/C14H16/c1-2-7-14-10-12-5-3-4-11(8-12)9-13(14)6-1/h1-4,6-7,11-12H,5,8-10H2. The Morgan fingerprint density at radius 1 is 1.00 bits per heavy atom. The van der Waals surface area contributed by atoms with E-state index in [4.69, 9.17) is 0 Å². The van der Waals surface area contributed by atoms with E-state index in [1.807, 2.05) is 0 Å². The average Bonchev–Trinajstić information content (AvgIpc) is 2.33. The van der Waals surface area contributed by atoms with Crippen molar-refractivity contribution in [3.8, 4) is 0 Å². The third-order valence-corrected chi connectivity index (χ3v) is 3.62. The van der Waals surface area contributed by atoms with Crippen LogP contribution < -0.4 is 0 Å². The molecule has 2 unspecified atom stereocenters. The van der Waals surface area contributed by atoms with Crippen LogP contribution in [0.4, 0.5) is 0 Å². The largest absolute Gasteiger partial charge is 0.0880 e. The second-order valence-corrected chi connectivity index (χ2v) is 4.70. The molecule has 72 valence electrons. The lowest BCUT2D eigenvalue weighted by Crippen LogP contribution is -2.10. The predicted octanol–water partition coefficient (Wildman–Crippen LogP) is 3.37. The smallest absolute Gasteiger partial charge is 0.0190 e. The zero-order valence-electron chi connectivity index (χ0n) is 8.45. The summed E-state index contributed by atoms with van der Waals surface area (Å²) in [6, 6.07) is 8.99. The minimum absolute atomic E-state index is 0.817. The lowest BCUT2D eigenvalue weighted by Gasteiger charge is -2.20. The Morgan fingerprint density at radius 2 is 1.79 bits per heavy atom. The van der Waals surface area contributed by atoms with Crippen molar-refractivity contribution in [3.63, 3.8) is 0 Å². The molecule has 3 rings (SSSR count). The highest BCUT2D eigenvalue weighted by molar-refractivity contribution is 5.30. The van der Waals surface area contributed by atoms with E-state index in [9.17, 15) is 0 Å². The second-order valence-electron chi connectivity index (χ2n) is 4.70. The van der Waals surface area contributed by atoms with Gasteiger partial charge in [0, 0.05) is 0 Å². The van der Waals surface area contributed by atoms with Crippen LogP contribution in [-0.2, 0) is 12.8 Å². The highest BCUT2D eigenvalue weighted by Crippen LogP contribution is 2.33. The molecule has 0 nitrogen and oxygen atoms in total. The van der Waals surface area contributed by atoms with Gasteiger partial charge in [0.15, 0.2) is 0 Å². The van der Waals surface area contributed by atoms with E-state index in [0.29, 0.717) is 0 Å². The van der Waals surface area contributed by atoms with E-state index in [0.717, 1.165) is 11.8 Å². The highest BCUT2D eigenvalue weighted by atomic mass is 14.3. The summed E-state index contributed by atoms with van der Waals surface area (Å²) in [6.45, 7) is 0. The molecule has 0 fully saturated rings. The summed E-state index contributed by atoms with van der Waals surface area (Å²) in [5, 5.41) is 0. The zero-order chi connectivity index (χ0) is 9.38. The third-order valence-electron chi connectivity index (χ3n) is 3.62. The first kappa shape index (κ1) is 8.28. The predicted molar refractivity (Wildman–Crippen MR) is 59.2 cm³/mol. The number of allylic oxidation sites excluding steroid dienone is 2. The molecule has 0 N–H and O–H groups in total. The molecule has 14 heavy (non-hydrogen) atoms. The summed E-state index contributed by atoms with van der Waals surface area (Å²) >= 11 is 0. The average molecular weight is 184 g/mol. The Balaban J connectivity index is 2.01. The molecule has 2 atom stereocenters. The van der Waals surface area contributed by atoms with Gasteiger partial charge in [-0.1, -0.05) is 36.4 Å². The van der Waals surface area contributed by atoms with Crippen LogP contribution in [0.25, 0.3) is 0 Å². The monoisotopic (exact) mass is 184 g/mol. The molecule has 2 aliphatic rings. The molecule has 0 amide bonds. The van der Waals surface area contributed by atoms with Crippen LogP contribution in [0.1, 0.15) is 24.0 Å². The van der Waals surface area contributed by atoms with Gasteiger partial charge in [0.2, 0.25) is 0 Å². The number of hydrogen-bond acceptors (Lipinski definition) is 0. The summed E-state index contributed by atoms with van der Waals surface area (Å²) < 4.78 is 0. The number of fused-ring (bicyclic) bond motifs is 3. The van der Waals surface area contributed by atoms with Gasteiger partial charge in [0.1, 0.15) is 0 Å². The van der Waals surface area contributed by atoms with E-state index in [1.165, 1.54) is 25.7 Å². The Morgan fingerprint density at radius 3 is 2.64 bits per heavy atom. The normalized spacial score (nSPS) is 29.4. The summed E-state index contributed by atoms with van der Waals surface area (Å²) in [5.41, 5.74) is 3.19. The van der Waals surface area contributed by atoms with Crippen molar-refractivity contribution in [1.82, 2.24) is 0 Å². The van der Waals surface area contributed by atoms with E-state index in [2.05, 4.69) is 36.4 Å².